The van der Waals surface area contributed by atoms with Crippen LogP contribution in [0.25, 0.3) is 0 Å². The topological polar surface area (TPSA) is 69.7 Å². The molecule has 4 amide bonds. The number of nitrogens with one attached hydrogen (secondary N) is 1. The molecule has 6 nitrogen and oxygen atoms in total. The Kier molecular flexibility index (Phi) is 5.23. The second kappa shape index (κ2) is 7.69. The maximum atomic E-state index is 13.2. The summed E-state index contributed by atoms with van der Waals surface area (Å²) in [5.41, 5.74) is 0.227. The smallest absolute Gasteiger partial charge is 0.325 e. The van der Waals surface area contributed by atoms with Gasteiger partial charge in [-0.3, -0.25) is 14.5 Å². The molecular formula is C21H19Cl2N3O3. The number of carbonyl (C=O) groups excluding carboxylic acids is 3. The zero-order chi connectivity index (χ0) is 20.6. The number of nitrogens with zero attached hydrogens (tertiary/aromatic N) is 2. The van der Waals surface area contributed by atoms with E-state index >= 15 is 0 Å². The Balaban J connectivity index is 1.52. The average Bonchev–Trinajstić information content (AvgIpc) is 2.93. The quantitative estimate of drug-likeness (QED) is 0.752. The fraction of sp³-hybridized carbons (Fsp3) is 0.286. The van der Waals surface area contributed by atoms with Gasteiger partial charge in [-0.25, -0.2) is 4.79 Å². The van der Waals surface area contributed by atoms with Gasteiger partial charge in [0.2, 0.25) is 0 Å². The third kappa shape index (κ3) is 3.82. The molecule has 1 atom stereocenters. The Morgan fingerprint density at radius 2 is 1.62 bits per heavy atom. The summed E-state index contributed by atoms with van der Waals surface area (Å²) in [6.07, 6.45) is 1.12. The van der Waals surface area contributed by atoms with Crippen LogP contribution in [-0.2, 0) is 11.3 Å². The predicted molar refractivity (Wildman–Crippen MR) is 110 cm³/mol. The number of benzene rings is 2. The van der Waals surface area contributed by atoms with Crippen LogP contribution in [0, 0.1) is 0 Å². The molecule has 2 fully saturated rings. The minimum absolute atomic E-state index is 0.149. The van der Waals surface area contributed by atoms with Crippen LogP contribution in [0.5, 0.6) is 0 Å². The molecule has 0 bridgehead atoms. The van der Waals surface area contributed by atoms with E-state index in [-0.39, 0.29) is 24.9 Å². The van der Waals surface area contributed by atoms with Gasteiger partial charge in [0, 0.05) is 22.2 Å². The lowest BCUT2D eigenvalue weighted by Gasteiger charge is -2.38. The molecule has 4 rings (SSSR count). The fourth-order valence-corrected chi connectivity index (χ4v) is 4.12. The van der Waals surface area contributed by atoms with Gasteiger partial charge in [-0.1, -0.05) is 35.3 Å². The van der Waals surface area contributed by atoms with Gasteiger partial charge in [0.05, 0.1) is 13.1 Å². The third-order valence-electron chi connectivity index (χ3n) is 5.37. The van der Waals surface area contributed by atoms with Gasteiger partial charge in [-0.15, -0.1) is 0 Å². The molecule has 0 aromatic heterocycles. The number of carbonyl (C=O) groups is 3. The van der Waals surface area contributed by atoms with Crippen molar-refractivity contribution in [3.05, 3.63) is 69.7 Å². The van der Waals surface area contributed by atoms with Crippen molar-refractivity contribution in [3.8, 4) is 0 Å². The Morgan fingerprint density at radius 3 is 2.28 bits per heavy atom. The third-order valence-corrected chi connectivity index (χ3v) is 5.87. The molecule has 2 aliphatic rings. The average molecular weight is 432 g/mol. The highest BCUT2D eigenvalue weighted by atomic mass is 35.5. The van der Waals surface area contributed by atoms with Crippen LogP contribution in [0.3, 0.4) is 0 Å². The van der Waals surface area contributed by atoms with E-state index in [1.807, 2.05) is 0 Å². The van der Waals surface area contributed by atoms with Gasteiger partial charge in [-0.2, -0.15) is 0 Å². The number of amides is 4. The second-order valence-electron chi connectivity index (χ2n) is 7.37. The highest BCUT2D eigenvalue weighted by molar-refractivity contribution is 6.30. The van der Waals surface area contributed by atoms with E-state index in [1.54, 1.807) is 53.4 Å². The zero-order valence-corrected chi connectivity index (χ0v) is 17.0. The molecule has 29 heavy (non-hydrogen) atoms. The zero-order valence-electron chi connectivity index (χ0n) is 15.5. The Hall–Kier alpha value is -2.57. The maximum Gasteiger partial charge on any atom is 0.325 e. The van der Waals surface area contributed by atoms with Crippen LogP contribution in [-0.4, -0.2) is 46.3 Å². The van der Waals surface area contributed by atoms with Crippen molar-refractivity contribution in [2.24, 2.45) is 0 Å². The molecule has 1 N–H and O–H groups in total. The largest absolute Gasteiger partial charge is 0.336 e. The number of imide groups is 1. The lowest BCUT2D eigenvalue weighted by Crippen LogP contribution is -2.59. The van der Waals surface area contributed by atoms with Crippen molar-refractivity contribution in [2.75, 3.05) is 13.1 Å². The molecule has 0 saturated carbocycles. The van der Waals surface area contributed by atoms with Crippen LogP contribution < -0.4 is 5.32 Å². The van der Waals surface area contributed by atoms with Gasteiger partial charge in [-0.05, 0) is 54.8 Å². The van der Waals surface area contributed by atoms with Gasteiger partial charge in [0.1, 0.15) is 5.54 Å². The van der Waals surface area contributed by atoms with E-state index in [0.717, 1.165) is 5.56 Å². The van der Waals surface area contributed by atoms with Gasteiger partial charge in [0.15, 0.2) is 0 Å². The molecule has 2 aromatic rings. The fourth-order valence-electron chi connectivity index (χ4n) is 3.87. The number of hydrogen-bond donors (Lipinski definition) is 1. The van der Waals surface area contributed by atoms with Crippen LogP contribution in [0.4, 0.5) is 4.79 Å². The number of halogens is 2. The van der Waals surface area contributed by atoms with E-state index in [0.29, 0.717) is 35.0 Å². The lowest BCUT2D eigenvalue weighted by molar-refractivity contribution is -0.133. The SMILES string of the molecule is O=C(c1ccc(Cl)cc1)N1CCCC2(C1)NC(=O)N(Cc1ccc(Cl)cc1)C2=O. The molecule has 2 heterocycles. The summed E-state index contributed by atoms with van der Waals surface area (Å²) in [5.74, 6) is -0.481. The summed E-state index contributed by atoms with van der Waals surface area (Å²) < 4.78 is 0. The van der Waals surface area contributed by atoms with Crippen LogP contribution >= 0.6 is 23.2 Å². The summed E-state index contributed by atoms with van der Waals surface area (Å²) in [6.45, 7) is 0.842. The summed E-state index contributed by atoms with van der Waals surface area (Å²) >= 11 is 11.8. The predicted octanol–water partition coefficient (Wildman–Crippen LogP) is 3.72. The molecule has 8 heteroatoms. The first-order chi connectivity index (χ1) is 13.9. The summed E-state index contributed by atoms with van der Waals surface area (Å²) in [7, 11) is 0. The molecule has 1 spiro atoms. The lowest BCUT2D eigenvalue weighted by atomic mass is 9.88. The minimum Gasteiger partial charge on any atom is -0.336 e. The Labute approximate surface area is 178 Å². The number of piperidine rings is 1. The van der Waals surface area contributed by atoms with E-state index in [1.165, 1.54) is 4.90 Å². The second-order valence-corrected chi connectivity index (χ2v) is 8.24. The minimum atomic E-state index is -1.08. The Bertz CT molecular complexity index is 962. The van der Waals surface area contributed by atoms with Crippen molar-refractivity contribution in [1.82, 2.24) is 15.1 Å². The first-order valence-electron chi connectivity index (χ1n) is 9.31. The first kappa shape index (κ1) is 19.7. The molecule has 0 radical (unpaired) electrons. The molecule has 0 aliphatic carbocycles. The monoisotopic (exact) mass is 431 g/mol. The van der Waals surface area contributed by atoms with Crippen LogP contribution in [0.1, 0.15) is 28.8 Å². The highest BCUT2D eigenvalue weighted by Crippen LogP contribution is 2.30. The maximum absolute atomic E-state index is 13.2. The van der Waals surface area contributed by atoms with E-state index in [4.69, 9.17) is 23.2 Å². The molecule has 150 valence electrons. The molecular weight excluding hydrogens is 413 g/mol. The molecule has 2 aromatic carbocycles. The van der Waals surface area contributed by atoms with Crippen molar-refractivity contribution < 1.29 is 14.4 Å². The number of hydrogen-bond acceptors (Lipinski definition) is 3. The normalized spacial score (nSPS) is 21.6. The number of likely N-dealkylation sites (tertiary alicyclic amines) is 1. The standard InChI is InChI=1S/C21H19Cl2N3O3/c22-16-6-2-14(3-7-16)12-26-19(28)21(24-20(26)29)10-1-11-25(13-21)18(27)15-4-8-17(23)9-5-15/h2-9H,1,10-13H2,(H,24,29). The number of rotatable bonds is 3. The summed E-state index contributed by atoms with van der Waals surface area (Å²) in [6, 6.07) is 13.2. The molecule has 2 aliphatic heterocycles. The first-order valence-corrected chi connectivity index (χ1v) is 10.1. The van der Waals surface area contributed by atoms with Gasteiger partial charge < -0.3 is 10.2 Å². The summed E-state index contributed by atoms with van der Waals surface area (Å²) in [4.78, 5) is 41.4. The molecule has 2 saturated heterocycles. The number of urea groups is 1. The summed E-state index contributed by atoms with van der Waals surface area (Å²) in [5, 5.41) is 3.98. The van der Waals surface area contributed by atoms with Crippen LogP contribution in [0.2, 0.25) is 10.0 Å². The van der Waals surface area contributed by atoms with E-state index in [2.05, 4.69) is 5.32 Å². The van der Waals surface area contributed by atoms with E-state index < -0.39 is 11.6 Å². The van der Waals surface area contributed by atoms with Crippen molar-refractivity contribution >= 4 is 41.0 Å². The van der Waals surface area contributed by atoms with Gasteiger partial charge >= 0.3 is 6.03 Å². The van der Waals surface area contributed by atoms with Crippen molar-refractivity contribution in [1.29, 1.82) is 0 Å². The van der Waals surface area contributed by atoms with Crippen LogP contribution in [0.15, 0.2) is 48.5 Å². The highest BCUT2D eigenvalue weighted by Gasteiger charge is 2.53. The molecule has 1 unspecified atom stereocenters. The van der Waals surface area contributed by atoms with E-state index in [9.17, 15) is 14.4 Å². The van der Waals surface area contributed by atoms with Crippen molar-refractivity contribution in [3.63, 3.8) is 0 Å². The Morgan fingerprint density at radius 1 is 1.00 bits per heavy atom. The van der Waals surface area contributed by atoms with Gasteiger partial charge in [0.25, 0.3) is 11.8 Å². The van der Waals surface area contributed by atoms with Crippen molar-refractivity contribution in [2.45, 2.75) is 24.9 Å².